The highest BCUT2D eigenvalue weighted by atomic mass is 79.9. The Bertz CT molecular complexity index is 484. The van der Waals surface area contributed by atoms with E-state index in [0.717, 1.165) is 17.3 Å². The highest BCUT2D eigenvalue weighted by Crippen LogP contribution is 2.28. The van der Waals surface area contributed by atoms with Gasteiger partial charge in [-0.1, -0.05) is 28.1 Å². The molecule has 1 fully saturated rings. The van der Waals surface area contributed by atoms with Crippen LogP contribution < -0.4 is 0 Å². The van der Waals surface area contributed by atoms with Crippen LogP contribution in [-0.2, 0) is 10.0 Å². The zero-order valence-electron chi connectivity index (χ0n) is 9.77. The molecule has 1 saturated heterocycles. The van der Waals surface area contributed by atoms with Gasteiger partial charge in [-0.25, -0.2) is 12.7 Å². The lowest BCUT2D eigenvalue weighted by atomic mass is 9.92. The van der Waals surface area contributed by atoms with Crippen molar-refractivity contribution in [2.75, 3.05) is 19.3 Å². The Kier molecular flexibility index (Phi) is 3.90. The molecule has 0 aliphatic carbocycles. The molecule has 5 heteroatoms. The van der Waals surface area contributed by atoms with E-state index >= 15 is 0 Å². The second kappa shape index (κ2) is 5.08. The average Bonchev–Trinajstić information content (AvgIpc) is 2.29. The molecule has 1 atom stereocenters. The Labute approximate surface area is 111 Å². The van der Waals surface area contributed by atoms with Crippen molar-refractivity contribution in [2.45, 2.75) is 18.8 Å². The molecule has 0 spiro atoms. The van der Waals surface area contributed by atoms with Gasteiger partial charge in [-0.05, 0) is 36.5 Å². The van der Waals surface area contributed by atoms with Crippen LogP contribution in [0.4, 0.5) is 0 Å². The molecule has 1 aromatic rings. The number of piperidine rings is 1. The van der Waals surface area contributed by atoms with Crippen LogP contribution in [0.3, 0.4) is 0 Å². The fraction of sp³-hybridized carbons (Fsp3) is 0.500. The monoisotopic (exact) mass is 317 g/mol. The van der Waals surface area contributed by atoms with Gasteiger partial charge in [0, 0.05) is 17.6 Å². The van der Waals surface area contributed by atoms with E-state index in [2.05, 4.69) is 28.1 Å². The molecule has 94 valence electrons. The van der Waals surface area contributed by atoms with E-state index in [1.807, 2.05) is 12.1 Å². The molecule has 1 aromatic carbocycles. The summed E-state index contributed by atoms with van der Waals surface area (Å²) in [6.45, 7) is 1.27. The molecule has 0 aromatic heterocycles. The molecule has 1 aliphatic rings. The lowest BCUT2D eigenvalue weighted by molar-refractivity contribution is 0.317. The van der Waals surface area contributed by atoms with Crippen LogP contribution in [0.15, 0.2) is 28.7 Å². The number of rotatable bonds is 2. The van der Waals surface area contributed by atoms with E-state index in [1.165, 1.54) is 11.8 Å². The summed E-state index contributed by atoms with van der Waals surface area (Å²) in [5.41, 5.74) is 1.22. The highest BCUT2D eigenvalue weighted by Gasteiger charge is 2.26. The molecule has 0 saturated carbocycles. The van der Waals surface area contributed by atoms with Gasteiger partial charge < -0.3 is 0 Å². The maximum absolute atomic E-state index is 11.5. The lowest BCUT2D eigenvalue weighted by Gasteiger charge is -2.31. The van der Waals surface area contributed by atoms with Crippen molar-refractivity contribution in [1.29, 1.82) is 0 Å². The van der Waals surface area contributed by atoms with E-state index in [4.69, 9.17) is 0 Å². The molecule has 0 radical (unpaired) electrons. The summed E-state index contributed by atoms with van der Waals surface area (Å²) in [5, 5.41) is 0. The first-order valence-corrected chi connectivity index (χ1v) is 8.31. The predicted octanol–water partition coefficient (Wildman–Crippen LogP) is 2.59. The minimum atomic E-state index is -3.05. The van der Waals surface area contributed by atoms with Crippen LogP contribution >= 0.6 is 15.9 Å². The Morgan fingerprint density at radius 2 is 1.94 bits per heavy atom. The summed E-state index contributed by atoms with van der Waals surface area (Å²) >= 11 is 3.41. The summed E-state index contributed by atoms with van der Waals surface area (Å²) in [6.07, 6.45) is 3.29. The molecule has 3 nitrogen and oxygen atoms in total. The van der Waals surface area contributed by atoms with Gasteiger partial charge in [0.25, 0.3) is 0 Å². The first-order chi connectivity index (χ1) is 7.97. The number of benzene rings is 1. The molecule has 1 unspecified atom stereocenters. The lowest BCUT2D eigenvalue weighted by Crippen LogP contribution is -2.38. The van der Waals surface area contributed by atoms with Crippen molar-refractivity contribution < 1.29 is 8.42 Å². The SMILES string of the molecule is CS(=O)(=O)N1CCCC(c2ccc(Br)cc2)C1. The van der Waals surface area contributed by atoms with E-state index in [1.54, 1.807) is 4.31 Å². The Balaban J connectivity index is 2.15. The first kappa shape index (κ1) is 13.1. The van der Waals surface area contributed by atoms with Crippen molar-refractivity contribution in [1.82, 2.24) is 4.31 Å². The molecule has 0 amide bonds. The Hall–Kier alpha value is -0.390. The van der Waals surface area contributed by atoms with Gasteiger partial charge in [0.2, 0.25) is 10.0 Å². The molecule has 1 aliphatic heterocycles. The van der Waals surface area contributed by atoms with E-state index < -0.39 is 10.0 Å². The maximum atomic E-state index is 11.5. The third kappa shape index (κ3) is 3.30. The largest absolute Gasteiger partial charge is 0.213 e. The summed E-state index contributed by atoms with van der Waals surface area (Å²) in [4.78, 5) is 0. The summed E-state index contributed by atoms with van der Waals surface area (Å²) < 4.78 is 25.7. The normalized spacial score (nSPS) is 22.6. The van der Waals surface area contributed by atoms with Gasteiger partial charge in [0.05, 0.1) is 6.26 Å². The molecule has 1 heterocycles. The van der Waals surface area contributed by atoms with Crippen molar-refractivity contribution >= 4 is 26.0 Å². The molecular weight excluding hydrogens is 302 g/mol. The number of nitrogens with zero attached hydrogens (tertiary/aromatic N) is 1. The molecule has 2 rings (SSSR count). The van der Waals surface area contributed by atoms with Crippen LogP contribution in [0.25, 0.3) is 0 Å². The van der Waals surface area contributed by atoms with Crippen LogP contribution in [0.1, 0.15) is 24.3 Å². The smallest absolute Gasteiger partial charge is 0.211 e. The number of halogens is 1. The fourth-order valence-corrected chi connectivity index (χ4v) is 3.43. The fourth-order valence-electron chi connectivity index (χ4n) is 2.25. The number of hydrogen-bond donors (Lipinski definition) is 0. The number of sulfonamides is 1. The van der Waals surface area contributed by atoms with Gasteiger partial charge >= 0.3 is 0 Å². The van der Waals surface area contributed by atoms with Crippen LogP contribution in [0.5, 0.6) is 0 Å². The third-order valence-corrected chi connectivity index (χ3v) is 4.99. The zero-order valence-corrected chi connectivity index (χ0v) is 12.2. The predicted molar refractivity (Wildman–Crippen MR) is 72.5 cm³/mol. The second-order valence-electron chi connectivity index (χ2n) is 4.51. The maximum Gasteiger partial charge on any atom is 0.211 e. The van der Waals surface area contributed by atoms with Crippen molar-refractivity contribution in [3.8, 4) is 0 Å². The quantitative estimate of drug-likeness (QED) is 0.840. The van der Waals surface area contributed by atoms with Gasteiger partial charge in [-0.3, -0.25) is 0 Å². The third-order valence-electron chi connectivity index (χ3n) is 3.19. The minimum Gasteiger partial charge on any atom is -0.213 e. The van der Waals surface area contributed by atoms with Crippen molar-refractivity contribution in [3.63, 3.8) is 0 Å². The van der Waals surface area contributed by atoms with Crippen LogP contribution in [0.2, 0.25) is 0 Å². The van der Waals surface area contributed by atoms with Gasteiger partial charge in [-0.15, -0.1) is 0 Å². The van der Waals surface area contributed by atoms with Crippen LogP contribution in [0, 0.1) is 0 Å². The molecular formula is C12H16BrNO2S. The average molecular weight is 318 g/mol. The Morgan fingerprint density at radius 1 is 1.29 bits per heavy atom. The minimum absolute atomic E-state index is 0.326. The second-order valence-corrected chi connectivity index (χ2v) is 7.41. The molecule has 0 bridgehead atoms. The summed E-state index contributed by atoms with van der Waals surface area (Å²) in [5.74, 6) is 0.326. The standard InChI is InChI=1S/C12H16BrNO2S/c1-17(15,16)14-8-2-3-11(9-14)10-4-6-12(13)7-5-10/h4-7,11H,2-3,8-9H2,1H3. The number of hydrogen-bond acceptors (Lipinski definition) is 2. The van der Waals surface area contributed by atoms with E-state index in [-0.39, 0.29) is 0 Å². The van der Waals surface area contributed by atoms with Gasteiger partial charge in [0.15, 0.2) is 0 Å². The van der Waals surface area contributed by atoms with Crippen molar-refractivity contribution in [3.05, 3.63) is 34.3 Å². The molecule has 17 heavy (non-hydrogen) atoms. The zero-order chi connectivity index (χ0) is 12.5. The van der Waals surface area contributed by atoms with Gasteiger partial charge in [-0.2, -0.15) is 0 Å². The highest BCUT2D eigenvalue weighted by molar-refractivity contribution is 9.10. The van der Waals surface area contributed by atoms with E-state index in [0.29, 0.717) is 19.0 Å². The first-order valence-electron chi connectivity index (χ1n) is 5.67. The Morgan fingerprint density at radius 3 is 2.53 bits per heavy atom. The van der Waals surface area contributed by atoms with Gasteiger partial charge in [0.1, 0.15) is 0 Å². The van der Waals surface area contributed by atoms with Crippen molar-refractivity contribution in [2.24, 2.45) is 0 Å². The summed E-state index contributed by atoms with van der Waals surface area (Å²) in [6, 6.07) is 8.16. The molecule has 0 N–H and O–H groups in total. The van der Waals surface area contributed by atoms with E-state index in [9.17, 15) is 8.42 Å². The van der Waals surface area contributed by atoms with Crippen LogP contribution in [-0.4, -0.2) is 32.1 Å². The summed E-state index contributed by atoms with van der Waals surface area (Å²) in [7, 11) is -3.05. The topological polar surface area (TPSA) is 37.4 Å².